The molecular formula is C25H19ClO2. The Kier molecular flexibility index (Phi) is 6.68. The quantitative estimate of drug-likeness (QED) is 0.401. The van der Waals surface area contributed by atoms with Crippen LogP contribution in [0.3, 0.4) is 0 Å². The second-order valence-electron chi connectivity index (χ2n) is 6.14. The minimum absolute atomic E-state index is 0.350. The van der Waals surface area contributed by atoms with E-state index in [4.69, 9.17) is 16.3 Å². The molecule has 3 rings (SSSR count). The summed E-state index contributed by atoms with van der Waals surface area (Å²) in [6, 6.07) is 26.8. The Morgan fingerprint density at radius 2 is 1.54 bits per heavy atom. The molecule has 0 spiro atoms. The topological polar surface area (TPSA) is 26.3 Å². The Morgan fingerprint density at radius 1 is 0.929 bits per heavy atom. The van der Waals surface area contributed by atoms with Gasteiger partial charge in [-0.25, -0.2) is 0 Å². The van der Waals surface area contributed by atoms with Crippen molar-refractivity contribution >= 4 is 23.1 Å². The molecule has 0 radical (unpaired) electrons. The number of carbonyl (C=O) groups is 1. The Labute approximate surface area is 170 Å². The van der Waals surface area contributed by atoms with Gasteiger partial charge in [0.25, 0.3) is 0 Å². The molecule has 0 aliphatic rings. The van der Waals surface area contributed by atoms with Crippen molar-refractivity contribution < 1.29 is 9.53 Å². The molecule has 0 amide bonds. The van der Waals surface area contributed by atoms with Crippen molar-refractivity contribution in [1.82, 2.24) is 0 Å². The van der Waals surface area contributed by atoms with E-state index in [1.165, 1.54) is 6.92 Å². The molecule has 1 atom stereocenters. The van der Waals surface area contributed by atoms with E-state index in [0.29, 0.717) is 5.02 Å². The molecule has 0 fully saturated rings. The maximum absolute atomic E-state index is 11.7. The molecular weight excluding hydrogens is 368 g/mol. The molecule has 28 heavy (non-hydrogen) atoms. The van der Waals surface area contributed by atoms with E-state index in [2.05, 4.69) is 11.8 Å². The van der Waals surface area contributed by atoms with E-state index in [9.17, 15) is 4.79 Å². The standard InChI is InChI=1S/C25H19ClO2/c1-19(27)28-25(22-10-6-3-7-11-22)18-23(21-14-16-24(26)17-15-21)13-12-20-8-4-2-5-9-20/h2-11,14-18,25H,1H3/b23-18+. The van der Waals surface area contributed by atoms with Crippen LogP contribution in [0, 0.1) is 11.8 Å². The summed E-state index contributed by atoms with van der Waals surface area (Å²) in [5, 5.41) is 0.652. The van der Waals surface area contributed by atoms with Crippen LogP contribution in [0.25, 0.3) is 5.57 Å². The van der Waals surface area contributed by atoms with E-state index in [0.717, 1.165) is 22.3 Å². The Bertz CT molecular complexity index is 1010. The highest BCUT2D eigenvalue weighted by Gasteiger charge is 2.13. The second kappa shape index (κ2) is 9.60. The van der Waals surface area contributed by atoms with Crippen LogP contribution in [0.5, 0.6) is 0 Å². The van der Waals surface area contributed by atoms with Gasteiger partial charge in [-0.15, -0.1) is 0 Å². The molecule has 0 saturated heterocycles. The smallest absolute Gasteiger partial charge is 0.303 e. The SMILES string of the molecule is CC(=O)OC(/C=C(\C#Cc1ccccc1)c1ccc(Cl)cc1)c1ccccc1. The van der Waals surface area contributed by atoms with Crippen LogP contribution in [0.1, 0.15) is 29.7 Å². The first-order valence-corrected chi connectivity index (χ1v) is 9.26. The van der Waals surface area contributed by atoms with Crippen molar-refractivity contribution in [2.75, 3.05) is 0 Å². The van der Waals surface area contributed by atoms with Crippen molar-refractivity contribution in [3.05, 3.63) is 113 Å². The van der Waals surface area contributed by atoms with Gasteiger partial charge in [-0.2, -0.15) is 0 Å². The van der Waals surface area contributed by atoms with Crippen LogP contribution in [0.15, 0.2) is 91.0 Å². The highest BCUT2D eigenvalue weighted by Crippen LogP contribution is 2.25. The first-order chi connectivity index (χ1) is 13.6. The third-order valence-electron chi connectivity index (χ3n) is 4.01. The summed E-state index contributed by atoms with van der Waals surface area (Å²) < 4.78 is 5.55. The van der Waals surface area contributed by atoms with Crippen molar-refractivity contribution in [3.8, 4) is 11.8 Å². The number of benzene rings is 3. The second-order valence-corrected chi connectivity index (χ2v) is 6.58. The molecule has 2 nitrogen and oxygen atoms in total. The lowest BCUT2D eigenvalue weighted by Crippen LogP contribution is -2.06. The molecule has 1 unspecified atom stereocenters. The minimum Gasteiger partial charge on any atom is -0.453 e. The number of hydrogen-bond donors (Lipinski definition) is 0. The van der Waals surface area contributed by atoms with E-state index in [1.807, 2.05) is 91.0 Å². The molecule has 0 heterocycles. The fourth-order valence-electron chi connectivity index (χ4n) is 2.67. The number of halogens is 1. The van der Waals surface area contributed by atoms with Gasteiger partial charge in [-0.05, 0) is 41.5 Å². The molecule has 0 saturated carbocycles. The number of hydrogen-bond acceptors (Lipinski definition) is 2. The molecule has 3 heteroatoms. The normalized spacial score (nSPS) is 11.9. The van der Waals surface area contributed by atoms with Crippen LogP contribution < -0.4 is 0 Å². The van der Waals surface area contributed by atoms with Crippen molar-refractivity contribution in [3.63, 3.8) is 0 Å². The van der Waals surface area contributed by atoms with Crippen LogP contribution in [0.2, 0.25) is 5.02 Å². The lowest BCUT2D eigenvalue weighted by atomic mass is 10.0. The average Bonchev–Trinajstić information content (AvgIpc) is 2.72. The number of allylic oxidation sites excluding steroid dienone is 1. The average molecular weight is 387 g/mol. The summed E-state index contributed by atoms with van der Waals surface area (Å²) >= 11 is 6.03. The zero-order valence-electron chi connectivity index (χ0n) is 15.4. The fraction of sp³-hybridized carbons (Fsp3) is 0.0800. The summed E-state index contributed by atoms with van der Waals surface area (Å²) in [6.07, 6.45) is 1.34. The highest BCUT2D eigenvalue weighted by atomic mass is 35.5. The zero-order valence-corrected chi connectivity index (χ0v) is 16.2. The monoisotopic (exact) mass is 386 g/mol. The van der Waals surface area contributed by atoms with Gasteiger partial charge in [0.1, 0.15) is 6.10 Å². The van der Waals surface area contributed by atoms with Gasteiger partial charge in [0.15, 0.2) is 0 Å². The molecule has 138 valence electrons. The zero-order chi connectivity index (χ0) is 19.8. The first-order valence-electron chi connectivity index (χ1n) is 8.89. The number of ether oxygens (including phenoxy) is 1. The summed E-state index contributed by atoms with van der Waals surface area (Å²) in [6.45, 7) is 1.40. The Hall–Kier alpha value is -3.28. The molecule has 0 aliphatic carbocycles. The molecule has 0 N–H and O–H groups in total. The van der Waals surface area contributed by atoms with E-state index in [-0.39, 0.29) is 5.97 Å². The van der Waals surface area contributed by atoms with Crippen LogP contribution >= 0.6 is 11.6 Å². The van der Waals surface area contributed by atoms with Crippen LogP contribution in [-0.2, 0) is 9.53 Å². The van der Waals surface area contributed by atoms with E-state index >= 15 is 0 Å². The molecule has 3 aromatic carbocycles. The maximum Gasteiger partial charge on any atom is 0.303 e. The summed E-state index contributed by atoms with van der Waals surface area (Å²) in [4.78, 5) is 11.7. The molecule has 0 aromatic heterocycles. The fourth-order valence-corrected chi connectivity index (χ4v) is 2.80. The highest BCUT2D eigenvalue weighted by molar-refractivity contribution is 6.30. The maximum atomic E-state index is 11.7. The molecule has 3 aromatic rings. The minimum atomic E-state index is -0.533. The van der Waals surface area contributed by atoms with Gasteiger partial charge in [0, 0.05) is 23.1 Å². The summed E-state index contributed by atoms with van der Waals surface area (Å²) in [5.74, 6) is 6.05. The van der Waals surface area contributed by atoms with Crippen molar-refractivity contribution in [2.24, 2.45) is 0 Å². The van der Waals surface area contributed by atoms with Crippen LogP contribution in [0.4, 0.5) is 0 Å². The third-order valence-corrected chi connectivity index (χ3v) is 4.26. The van der Waals surface area contributed by atoms with Crippen molar-refractivity contribution in [2.45, 2.75) is 13.0 Å². The number of esters is 1. The van der Waals surface area contributed by atoms with Gasteiger partial charge < -0.3 is 4.74 Å². The van der Waals surface area contributed by atoms with Gasteiger partial charge in [0.05, 0.1) is 0 Å². The first kappa shape index (κ1) is 19.5. The van der Waals surface area contributed by atoms with Crippen molar-refractivity contribution in [1.29, 1.82) is 0 Å². The van der Waals surface area contributed by atoms with Gasteiger partial charge >= 0.3 is 5.97 Å². The predicted octanol–water partition coefficient (Wildman–Crippen LogP) is 6.08. The predicted molar refractivity (Wildman–Crippen MR) is 114 cm³/mol. The summed E-state index contributed by atoms with van der Waals surface area (Å²) in [7, 11) is 0. The Morgan fingerprint density at radius 3 is 2.14 bits per heavy atom. The number of carbonyl (C=O) groups excluding carboxylic acids is 1. The van der Waals surface area contributed by atoms with Crippen LogP contribution in [-0.4, -0.2) is 5.97 Å². The lowest BCUT2D eigenvalue weighted by Gasteiger charge is -2.15. The largest absolute Gasteiger partial charge is 0.453 e. The molecule has 0 bridgehead atoms. The number of rotatable bonds is 4. The van der Waals surface area contributed by atoms with Gasteiger partial charge in [-0.3, -0.25) is 4.79 Å². The van der Waals surface area contributed by atoms with Gasteiger partial charge in [-0.1, -0.05) is 84.1 Å². The van der Waals surface area contributed by atoms with E-state index < -0.39 is 6.10 Å². The summed E-state index contributed by atoms with van der Waals surface area (Å²) in [5.41, 5.74) is 3.45. The van der Waals surface area contributed by atoms with Gasteiger partial charge in [0.2, 0.25) is 0 Å². The third kappa shape index (κ3) is 5.61. The molecule has 0 aliphatic heterocycles. The van der Waals surface area contributed by atoms with E-state index in [1.54, 1.807) is 0 Å². The Balaban J connectivity index is 2.06. The lowest BCUT2D eigenvalue weighted by molar-refractivity contribution is -0.144.